The molecule has 1 fully saturated rings. The van der Waals surface area contributed by atoms with E-state index in [1.165, 1.54) is 0 Å². The van der Waals surface area contributed by atoms with Crippen LogP contribution in [0.2, 0.25) is 5.02 Å². The maximum atomic E-state index is 12.4. The van der Waals surface area contributed by atoms with Gasteiger partial charge in [-0.05, 0) is 44.9 Å². The lowest BCUT2D eigenvalue weighted by Crippen LogP contribution is -2.36. The Morgan fingerprint density at radius 1 is 1.34 bits per heavy atom. The Morgan fingerprint density at radius 2 is 2.12 bits per heavy atom. The summed E-state index contributed by atoms with van der Waals surface area (Å²) in [5.74, 6) is 0.970. The number of nitrogens with one attached hydrogen (secondary N) is 1. The Morgan fingerprint density at radius 3 is 2.84 bits per heavy atom. The first kappa shape index (κ1) is 22.4. The monoisotopic (exact) mass is 457 g/mol. The second kappa shape index (κ2) is 8.60. The van der Waals surface area contributed by atoms with E-state index in [1.807, 2.05) is 43.4 Å². The number of fused-ring (bicyclic) bond motifs is 1. The van der Waals surface area contributed by atoms with Crippen molar-refractivity contribution in [1.29, 1.82) is 0 Å². The molecule has 0 spiro atoms. The zero-order chi connectivity index (χ0) is 23.0. The summed E-state index contributed by atoms with van der Waals surface area (Å²) in [5, 5.41) is 13.4. The number of aliphatic hydroxyl groups is 1. The molecule has 0 saturated carbocycles. The standard InChI is InChI=1S/C23H28ClN5O3/c1-14-10-28(22(31)32-23(2,3)4)12-18(14)27-20-7-5-6-17(26-20)19-9-25-21-8-15(13-30)16(24)11-29(19)21/h5-9,11,14,18,30H,10,12-13H2,1-4H3,(H,26,27)/t14-,18-/m0/s1. The Bertz CT molecular complexity index is 1140. The van der Waals surface area contributed by atoms with E-state index in [4.69, 9.17) is 21.3 Å². The largest absolute Gasteiger partial charge is 0.444 e. The third-order valence-electron chi connectivity index (χ3n) is 5.46. The van der Waals surface area contributed by atoms with Gasteiger partial charge < -0.3 is 20.1 Å². The summed E-state index contributed by atoms with van der Waals surface area (Å²) >= 11 is 6.28. The molecule has 1 aliphatic rings. The number of halogens is 1. The number of anilines is 1. The number of ether oxygens (including phenoxy) is 1. The molecule has 9 heteroatoms. The molecule has 1 saturated heterocycles. The van der Waals surface area contributed by atoms with Gasteiger partial charge in [-0.15, -0.1) is 0 Å². The number of hydrogen-bond acceptors (Lipinski definition) is 6. The summed E-state index contributed by atoms with van der Waals surface area (Å²) < 4.78 is 7.37. The lowest BCUT2D eigenvalue weighted by molar-refractivity contribution is 0.0288. The van der Waals surface area contributed by atoms with Gasteiger partial charge in [0, 0.05) is 30.9 Å². The molecule has 4 rings (SSSR count). The molecule has 0 unspecified atom stereocenters. The van der Waals surface area contributed by atoms with E-state index in [0.717, 1.165) is 17.2 Å². The van der Waals surface area contributed by atoms with Gasteiger partial charge in [0.25, 0.3) is 0 Å². The van der Waals surface area contributed by atoms with Crippen LogP contribution in [0.5, 0.6) is 0 Å². The maximum Gasteiger partial charge on any atom is 0.410 e. The molecular formula is C23H28ClN5O3. The van der Waals surface area contributed by atoms with Crippen LogP contribution in [0.15, 0.2) is 36.7 Å². The van der Waals surface area contributed by atoms with Gasteiger partial charge in [-0.3, -0.25) is 4.40 Å². The van der Waals surface area contributed by atoms with E-state index in [0.29, 0.717) is 29.3 Å². The van der Waals surface area contributed by atoms with Gasteiger partial charge >= 0.3 is 6.09 Å². The predicted octanol–water partition coefficient (Wildman–Crippen LogP) is 4.21. The van der Waals surface area contributed by atoms with Gasteiger partial charge in [-0.25, -0.2) is 14.8 Å². The van der Waals surface area contributed by atoms with Gasteiger partial charge in [-0.2, -0.15) is 0 Å². The Kier molecular flexibility index (Phi) is 6.01. The Hall–Kier alpha value is -2.84. The second-order valence-corrected chi connectivity index (χ2v) is 9.61. The van der Waals surface area contributed by atoms with Crippen molar-refractivity contribution in [2.24, 2.45) is 5.92 Å². The van der Waals surface area contributed by atoms with Crippen molar-refractivity contribution in [1.82, 2.24) is 19.3 Å². The molecule has 2 N–H and O–H groups in total. The SMILES string of the molecule is C[C@H]1CN(C(=O)OC(C)(C)C)C[C@@H]1Nc1cccc(-c2cnc3cc(CO)c(Cl)cn23)n1. The minimum Gasteiger partial charge on any atom is -0.444 e. The molecule has 1 aliphatic heterocycles. The van der Waals surface area contributed by atoms with Crippen LogP contribution in [0, 0.1) is 5.92 Å². The number of likely N-dealkylation sites (tertiary alicyclic amines) is 1. The lowest BCUT2D eigenvalue weighted by atomic mass is 10.1. The van der Waals surface area contributed by atoms with Crippen LogP contribution in [0.4, 0.5) is 10.6 Å². The number of carbonyl (C=O) groups is 1. The van der Waals surface area contributed by atoms with E-state index in [9.17, 15) is 9.90 Å². The molecule has 3 aromatic heterocycles. The third-order valence-corrected chi connectivity index (χ3v) is 5.80. The Labute approximate surface area is 192 Å². The minimum absolute atomic E-state index is 0.0639. The molecule has 0 radical (unpaired) electrons. The topological polar surface area (TPSA) is 92.0 Å². The van der Waals surface area contributed by atoms with Crippen molar-refractivity contribution in [3.8, 4) is 11.4 Å². The average Bonchev–Trinajstić information content (AvgIpc) is 3.29. The van der Waals surface area contributed by atoms with Crippen LogP contribution in [0.1, 0.15) is 33.3 Å². The fourth-order valence-electron chi connectivity index (χ4n) is 3.83. The fourth-order valence-corrected chi connectivity index (χ4v) is 4.04. The molecule has 0 bridgehead atoms. The van der Waals surface area contributed by atoms with Crippen molar-refractivity contribution in [3.63, 3.8) is 0 Å². The van der Waals surface area contributed by atoms with Crippen LogP contribution < -0.4 is 5.32 Å². The summed E-state index contributed by atoms with van der Waals surface area (Å²) in [6.07, 6.45) is 3.19. The van der Waals surface area contributed by atoms with Gasteiger partial charge in [0.2, 0.25) is 0 Å². The molecule has 8 nitrogen and oxygen atoms in total. The van der Waals surface area contributed by atoms with Crippen LogP contribution in [-0.4, -0.2) is 55.2 Å². The zero-order valence-electron chi connectivity index (χ0n) is 18.7. The number of rotatable bonds is 4. The van der Waals surface area contributed by atoms with E-state index in [-0.39, 0.29) is 24.7 Å². The smallest absolute Gasteiger partial charge is 0.410 e. The van der Waals surface area contributed by atoms with Crippen molar-refractivity contribution in [2.45, 2.75) is 45.9 Å². The molecule has 4 heterocycles. The summed E-state index contributed by atoms with van der Waals surface area (Å²) in [6.45, 7) is 8.75. The molecule has 170 valence electrons. The third kappa shape index (κ3) is 4.66. The molecule has 32 heavy (non-hydrogen) atoms. The number of imidazole rings is 1. The highest BCUT2D eigenvalue weighted by atomic mass is 35.5. The molecule has 3 aromatic rings. The molecule has 0 aromatic carbocycles. The summed E-state index contributed by atoms with van der Waals surface area (Å²) in [4.78, 5) is 23.4. The number of hydrogen-bond donors (Lipinski definition) is 2. The van der Waals surface area contributed by atoms with E-state index in [2.05, 4.69) is 17.2 Å². The zero-order valence-corrected chi connectivity index (χ0v) is 19.4. The second-order valence-electron chi connectivity index (χ2n) is 9.20. The van der Waals surface area contributed by atoms with Crippen molar-refractivity contribution in [2.75, 3.05) is 18.4 Å². The fraction of sp³-hybridized carbons (Fsp3) is 0.435. The normalized spacial score (nSPS) is 18.9. The minimum atomic E-state index is -0.517. The quantitative estimate of drug-likeness (QED) is 0.609. The Balaban J connectivity index is 1.52. The van der Waals surface area contributed by atoms with Crippen molar-refractivity contribution in [3.05, 3.63) is 47.2 Å². The van der Waals surface area contributed by atoms with Crippen LogP contribution in [-0.2, 0) is 11.3 Å². The molecule has 1 amide bonds. The predicted molar refractivity (Wildman–Crippen MR) is 124 cm³/mol. The average molecular weight is 458 g/mol. The highest BCUT2D eigenvalue weighted by Crippen LogP contribution is 2.26. The van der Waals surface area contributed by atoms with Gasteiger partial charge in [0.15, 0.2) is 0 Å². The first-order valence-corrected chi connectivity index (χ1v) is 11.0. The van der Waals surface area contributed by atoms with Gasteiger partial charge in [0.05, 0.1) is 29.2 Å². The highest BCUT2D eigenvalue weighted by Gasteiger charge is 2.35. The summed E-state index contributed by atoms with van der Waals surface area (Å²) in [7, 11) is 0. The number of nitrogens with zero attached hydrogens (tertiary/aromatic N) is 4. The number of aliphatic hydroxyl groups excluding tert-OH is 1. The van der Waals surface area contributed by atoms with Crippen LogP contribution >= 0.6 is 11.6 Å². The molecular weight excluding hydrogens is 430 g/mol. The number of carbonyl (C=O) groups excluding carboxylic acids is 1. The first-order chi connectivity index (χ1) is 15.1. The molecule has 2 atom stereocenters. The van der Waals surface area contributed by atoms with Gasteiger partial charge in [0.1, 0.15) is 17.1 Å². The number of aromatic nitrogens is 3. The van der Waals surface area contributed by atoms with Gasteiger partial charge in [-0.1, -0.05) is 24.6 Å². The van der Waals surface area contributed by atoms with Crippen molar-refractivity contribution < 1.29 is 14.6 Å². The summed E-state index contributed by atoms with van der Waals surface area (Å²) in [5.41, 5.74) is 2.33. The summed E-state index contributed by atoms with van der Waals surface area (Å²) in [6, 6.07) is 7.58. The number of pyridine rings is 2. The van der Waals surface area contributed by atoms with E-state index < -0.39 is 5.60 Å². The van der Waals surface area contributed by atoms with E-state index in [1.54, 1.807) is 23.4 Å². The maximum absolute atomic E-state index is 12.4. The van der Waals surface area contributed by atoms with Crippen LogP contribution in [0.25, 0.3) is 17.0 Å². The first-order valence-electron chi connectivity index (χ1n) is 10.6. The van der Waals surface area contributed by atoms with Crippen LogP contribution in [0.3, 0.4) is 0 Å². The highest BCUT2D eigenvalue weighted by molar-refractivity contribution is 6.31. The lowest BCUT2D eigenvalue weighted by Gasteiger charge is -2.24. The molecule has 0 aliphatic carbocycles. The van der Waals surface area contributed by atoms with E-state index >= 15 is 0 Å². The number of amides is 1. The van der Waals surface area contributed by atoms with Crippen molar-refractivity contribution >= 4 is 29.2 Å².